The SMILES string of the molecule is C=CC(=O)OCOc1ccc(C(=O)Oc2ccc(OC(O)c3ccc(OCOC(=O)C=C)cc3)cc2C)cc1. The van der Waals surface area contributed by atoms with Gasteiger partial charge >= 0.3 is 17.9 Å². The zero-order valence-electron chi connectivity index (χ0n) is 21.0. The fourth-order valence-corrected chi connectivity index (χ4v) is 3.01. The van der Waals surface area contributed by atoms with Crippen molar-refractivity contribution in [3.63, 3.8) is 0 Å². The van der Waals surface area contributed by atoms with Gasteiger partial charge in [-0.25, -0.2) is 14.4 Å². The molecule has 3 aromatic carbocycles. The first-order chi connectivity index (χ1) is 18.8. The van der Waals surface area contributed by atoms with Gasteiger partial charge in [-0.05, 0) is 79.2 Å². The van der Waals surface area contributed by atoms with Gasteiger partial charge in [-0.15, -0.1) is 0 Å². The van der Waals surface area contributed by atoms with Crippen LogP contribution in [0.15, 0.2) is 92.0 Å². The second-order valence-corrected chi connectivity index (χ2v) is 7.74. The first kappa shape index (κ1) is 28.5. The van der Waals surface area contributed by atoms with Gasteiger partial charge < -0.3 is 33.5 Å². The van der Waals surface area contributed by atoms with Crippen molar-refractivity contribution in [3.8, 4) is 23.0 Å². The van der Waals surface area contributed by atoms with Crippen molar-refractivity contribution in [3.05, 3.63) is 109 Å². The molecule has 0 fully saturated rings. The van der Waals surface area contributed by atoms with Gasteiger partial charge in [-0.2, -0.15) is 0 Å². The summed E-state index contributed by atoms with van der Waals surface area (Å²) in [5.74, 6) is -0.289. The average Bonchev–Trinajstić information content (AvgIpc) is 2.94. The molecular weight excluding hydrogens is 508 g/mol. The van der Waals surface area contributed by atoms with E-state index in [1.165, 1.54) is 12.1 Å². The molecule has 1 N–H and O–H groups in total. The molecule has 202 valence electrons. The first-order valence-corrected chi connectivity index (χ1v) is 11.5. The summed E-state index contributed by atoms with van der Waals surface area (Å²) in [6.07, 6.45) is 0.783. The van der Waals surface area contributed by atoms with Gasteiger partial charge in [0.1, 0.15) is 23.0 Å². The second kappa shape index (κ2) is 14.0. The summed E-state index contributed by atoms with van der Waals surface area (Å²) in [5, 5.41) is 10.4. The van der Waals surface area contributed by atoms with Crippen LogP contribution in [-0.2, 0) is 19.1 Å². The maximum absolute atomic E-state index is 12.6. The van der Waals surface area contributed by atoms with E-state index in [2.05, 4.69) is 13.2 Å². The lowest BCUT2D eigenvalue weighted by atomic mass is 10.2. The zero-order chi connectivity index (χ0) is 28.2. The molecular formula is C29H26O10. The van der Waals surface area contributed by atoms with E-state index in [1.807, 2.05) is 0 Å². The molecule has 0 aromatic heterocycles. The standard InChI is InChI=1S/C29H26O10/c1-4-26(30)36-17-34-22-10-6-20(7-11-22)28(32)38-24-14-15-25(19(3)16-24)39-29(33)21-8-12-23(13-9-21)35-18-37-27(31)5-2/h4-16,28,32H,1-2,17-18H2,3H3. The van der Waals surface area contributed by atoms with Crippen LogP contribution in [0.1, 0.15) is 27.8 Å². The summed E-state index contributed by atoms with van der Waals surface area (Å²) in [5.41, 5.74) is 1.35. The Bertz CT molecular complexity index is 1310. The van der Waals surface area contributed by atoms with Gasteiger partial charge in [-0.1, -0.05) is 13.2 Å². The quantitative estimate of drug-likeness (QED) is 0.146. The van der Waals surface area contributed by atoms with Crippen LogP contribution in [0.4, 0.5) is 0 Å². The predicted molar refractivity (Wildman–Crippen MR) is 138 cm³/mol. The van der Waals surface area contributed by atoms with Crippen LogP contribution in [0.25, 0.3) is 0 Å². The lowest BCUT2D eigenvalue weighted by Gasteiger charge is -2.16. The molecule has 0 bridgehead atoms. The van der Waals surface area contributed by atoms with E-state index < -0.39 is 24.2 Å². The number of hydrogen-bond donors (Lipinski definition) is 1. The molecule has 0 amide bonds. The number of rotatable bonds is 13. The van der Waals surface area contributed by atoms with E-state index in [4.69, 9.17) is 28.4 Å². The molecule has 10 heteroatoms. The third kappa shape index (κ3) is 8.76. The lowest BCUT2D eigenvalue weighted by Crippen LogP contribution is -2.10. The summed E-state index contributed by atoms with van der Waals surface area (Å²) in [4.78, 5) is 34.6. The highest BCUT2D eigenvalue weighted by Crippen LogP contribution is 2.28. The molecule has 0 spiro atoms. The number of hydrogen-bond acceptors (Lipinski definition) is 10. The Labute approximate surface area is 224 Å². The number of carbonyl (C=O) groups excluding carboxylic acids is 3. The molecule has 0 heterocycles. The molecule has 0 aliphatic carbocycles. The molecule has 1 atom stereocenters. The maximum Gasteiger partial charge on any atom is 0.343 e. The number of ether oxygens (including phenoxy) is 6. The van der Waals surface area contributed by atoms with Gasteiger partial charge in [0.25, 0.3) is 0 Å². The number of esters is 3. The number of benzene rings is 3. The highest BCUT2D eigenvalue weighted by molar-refractivity contribution is 5.91. The van der Waals surface area contributed by atoms with Crippen LogP contribution in [0.2, 0.25) is 0 Å². The van der Waals surface area contributed by atoms with E-state index in [0.29, 0.717) is 34.1 Å². The third-order valence-electron chi connectivity index (χ3n) is 5.04. The van der Waals surface area contributed by atoms with Crippen molar-refractivity contribution in [1.82, 2.24) is 0 Å². The molecule has 0 aliphatic rings. The fourth-order valence-electron chi connectivity index (χ4n) is 3.01. The van der Waals surface area contributed by atoms with Crippen molar-refractivity contribution in [2.75, 3.05) is 13.6 Å². The summed E-state index contributed by atoms with van der Waals surface area (Å²) >= 11 is 0. The minimum absolute atomic E-state index is 0.270. The van der Waals surface area contributed by atoms with Gasteiger partial charge in [0.15, 0.2) is 0 Å². The average molecular weight is 535 g/mol. The molecule has 0 saturated carbocycles. The van der Waals surface area contributed by atoms with E-state index in [0.717, 1.165) is 12.2 Å². The lowest BCUT2D eigenvalue weighted by molar-refractivity contribution is -0.145. The van der Waals surface area contributed by atoms with Crippen molar-refractivity contribution < 1.29 is 47.9 Å². The monoisotopic (exact) mass is 534 g/mol. The van der Waals surface area contributed by atoms with Gasteiger partial charge in [0.05, 0.1) is 5.56 Å². The smallest absolute Gasteiger partial charge is 0.343 e. The maximum atomic E-state index is 12.6. The Kier molecular flexibility index (Phi) is 10.2. The van der Waals surface area contributed by atoms with Crippen molar-refractivity contribution in [1.29, 1.82) is 0 Å². The minimum Gasteiger partial charge on any atom is -0.461 e. The predicted octanol–water partition coefficient (Wildman–Crippen LogP) is 4.42. The largest absolute Gasteiger partial charge is 0.461 e. The van der Waals surface area contributed by atoms with Crippen LogP contribution in [0.3, 0.4) is 0 Å². The van der Waals surface area contributed by atoms with Crippen LogP contribution >= 0.6 is 0 Å². The van der Waals surface area contributed by atoms with Crippen molar-refractivity contribution in [2.45, 2.75) is 13.2 Å². The van der Waals surface area contributed by atoms with E-state index in [-0.39, 0.29) is 19.1 Å². The molecule has 1 unspecified atom stereocenters. The van der Waals surface area contributed by atoms with Crippen LogP contribution < -0.4 is 18.9 Å². The zero-order valence-corrected chi connectivity index (χ0v) is 21.0. The Hall–Kier alpha value is -5.09. The summed E-state index contributed by atoms with van der Waals surface area (Å²) < 4.78 is 31.1. The molecule has 0 aliphatic heterocycles. The highest BCUT2D eigenvalue weighted by atomic mass is 16.7. The fraction of sp³-hybridized carbons (Fsp3) is 0.138. The first-order valence-electron chi connectivity index (χ1n) is 11.5. The van der Waals surface area contributed by atoms with E-state index in [9.17, 15) is 19.5 Å². The third-order valence-corrected chi connectivity index (χ3v) is 5.04. The topological polar surface area (TPSA) is 127 Å². The van der Waals surface area contributed by atoms with Crippen LogP contribution in [0, 0.1) is 6.92 Å². The number of carbonyl (C=O) groups is 3. The Morgan fingerprint density at radius 1 is 0.795 bits per heavy atom. The molecule has 0 saturated heterocycles. The van der Waals surface area contributed by atoms with Gasteiger partial charge in [0, 0.05) is 17.7 Å². The Balaban J connectivity index is 1.52. The molecule has 39 heavy (non-hydrogen) atoms. The van der Waals surface area contributed by atoms with Crippen molar-refractivity contribution >= 4 is 17.9 Å². The molecule has 3 rings (SSSR count). The van der Waals surface area contributed by atoms with Gasteiger partial charge in [-0.3, -0.25) is 0 Å². The number of aliphatic hydroxyl groups excluding tert-OH is 1. The second-order valence-electron chi connectivity index (χ2n) is 7.74. The summed E-state index contributed by atoms with van der Waals surface area (Å²) in [7, 11) is 0. The Morgan fingerprint density at radius 2 is 1.31 bits per heavy atom. The van der Waals surface area contributed by atoms with Crippen molar-refractivity contribution in [2.24, 2.45) is 0 Å². The van der Waals surface area contributed by atoms with Gasteiger partial charge in [0.2, 0.25) is 19.9 Å². The van der Waals surface area contributed by atoms with Crippen LogP contribution in [-0.4, -0.2) is 36.6 Å². The number of aliphatic hydroxyl groups is 1. The normalized spacial score (nSPS) is 10.9. The van der Waals surface area contributed by atoms with E-state index >= 15 is 0 Å². The van der Waals surface area contributed by atoms with Crippen LogP contribution in [0.5, 0.6) is 23.0 Å². The highest BCUT2D eigenvalue weighted by Gasteiger charge is 2.14. The molecule has 0 radical (unpaired) electrons. The van der Waals surface area contributed by atoms with E-state index in [1.54, 1.807) is 61.5 Å². The molecule has 10 nitrogen and oxygen atoms in total. The summed E-state index contributed by atoms with van der Waals surface area (Å²) in [6.45, 7) is 7.76. The molecule has 3 aromatic rings. The Morgan fingerprint density at radius 3 is 1.82 bits per heavy atom. The summed E-state index contributed by atoms with van der Waals surface area (Å²) in [6, 6.07) is 17.2. The number of aryl methyl sites for hydroxylation is 1. The minimum atomic E-state index is -1.27.